The first-order chi connectivity index (χ1) is 14.5. The van der Waals surface area contributed by atoms with Crippen LogP contribution in [-0.2, 0) is 11.3 Å². The Morgan fingerprint density at radius 1 is 1.20 bits per heavy atom. The molecule has 0 bridgehead atoms. The summed E-state index contributed by atoms with van der Waals surface area (Å²) in [6, 6.07) is 8.71. The van der Waals surface area contributed by atoms with Gasteiger partial charge in [0.1, 0.15) is 0 Å². The first kappa shape index (κ1) is 22.0. The van der Waals surface area contributed by atoms with Crippen molar-refractivity contribution in [1.29, 1.82) is 0 Å². The van der Waals surface area contributed by atoms with Crippen molar-refractivity contribution in [3.05, 3.63) is 54.4 Å². The Morgan fingerprint density at radius 2 is 1.90 bits per heavy atom. The van der Waals surface area contributed by atoms with Crippen molar-refractivity contribution in [1.82, 2.24) is 29.9 Å². The summed E-state index contributed by atoms with van der Waals surface area (Å²) in [5.74, 6) is 0.877. The molecule has 2 amide bonds. The van der Waals surface area contributed by atoms with E-state index in [2.05, 4.69) is 34.0 Å². The lowest BCUT2D eigenvalue weighted by molar-refractivity contribution is -0.129. The van der Waals surface area contributed by atoms with Crippen molar-refractivity contribution in [3.63, 3.8) is 0 Å². The lowest BCUT2D eigenvalue weighted by atomic mass is 10.2. The van der Waals surface area contributed by atoms with Crippen LogP contribution in [0.4, 0.5) is 0 Å². The van der Waals surface area contributed by atoms with E-state index in [4.69, 9.17) is 0 Å². The maximum absolute atomic E-state index is 12.5. The Kier molecular flexibility index (Phi) is 7.64. The summed E-state index contributed by atoms with van der Waals surface area (Å²) >= 11 is 1.37. The molecule has 2 heterocycles. The molecule has 9 heteroatoms. The number of nitrogens with zero attached hydrogens (tertiary/aromatic N) is 5. The van der Waals surface area contributed by atoms with Crippen LogP contribution in [0.5, 0.6) is 0 Å². The summed E-state index contributed by atoms with van der Waals surface area (Å²) in [6.07, 6.45) is 1.75. The number of benzene rings is 1. The Hall–Kier alpha value is -2.65. The second-order valence-corrected chi connectivity index (χ2v) is 8.22. The van der Waals surface area contributed by atoms with E-state index in [1.807, 2.05) is 34.6 Å². The Bertz CT molecular complexity index is 877. The van der Waals surface area contributed by atoms with Crippen molar-refractivity contribution in [3.8, 4) is 0 Å². The predicted molar refractivity (Wildman–Crippen MR) is 117 cm³/mol. The highest BCUT2D eigenvalue weighted by Gasteiger charge is 2.22. The SMILES string of the molecule is C=CCn1c(SCC(=O)N2CCN(C)CC2)nnc1C(C)NC(=O)c1ccccc1. The molecule has 1 unspecified atom stereocenters. The van der Waals surface area contributed by atoms with Gasteiger partial charge in [0.05, 0.1) is 11.8 Å². The van der Waals surface area contributed by atoms with Crippen LogP contribution in [0.15, 0.2) is 48.1 Å². The molecule has 30 heavy (non-hydrogen) atoms. The second-order valence-electron chi connectivity index (χ2n) is 7.27. The van der Waals surface area contributed by atoms with Crippen LogP contribution in [0.25, 0.3) is 0 Å². The van der Waals surface area contributed by atoms with Gasteiger partial charge in [0, 0.05) is 38.3 Å². The number of piperazine rings is 1. The van der Waals surface area contributed by atoms with Crippen molar-refractivity contribution in [2.24, 2.45) is 0 Å². The molecule has 1 atom stereocenters. The van der Waals surface area contributed by atoms with E-state index in [1.165, 1.54) is 11.8 Å². The molecular weight excluding hydrogens is 400 g/mol. The van der Waals surface area contributed by atoms with Crippen molar-refractivity contribution in [2.75, 3.05) is 39.0 Å². The standard InChI is InChI=1S/C21H28N6O2S/c1-4-10-27-19(16(2)22-20(29)17-8-6-5-7-9-17)23-24-21(27)30-15-18(28)26-13-11-25(3)12-14-26/h4-9,16H,1,10-15H2,2-3H3,(H,22,29). The molecular formula is C21H28N6O2S. The number of thioether (sulfide) groups is 1. The van der Waals surface area contributed by atoms with Gasteiger partial charge < -0.3 is 19.7 Å². The molecule has 0 spiro atoms. The van der Waals surface area contributed by atoms with Crippen LogP contribution < -0.4 is 5.32 Å². The van der Waals surface area contributed by atoms with Crippen molar-refractivity contribution < 1.29 is 9.59 Å². The van der Waals surface area contributed by atoms with Crippen LogP contribution >= 0.6 is 11.8 Å². The van der Waals surface area contributed by atoms with E-state index in [0.717, 1.165) is 26.2 Å². The number of amides is 2. The quantitative estimate of drug-likeness (QED) is 0.510. The maximum atomic E-state index is 12.5. The number of rotatable bonds is 8. The lowest BCUT2D eigenvalue weighted by Gasteiger charge is -2.32. The summed E-state index contributed by atoms with van der Waals surface area (Å²) in [5, 5.41) is 12.1. The fraction of sp³-hybridized carbons (Fsp3) is 0.429. The Balaban J connectivity index is 1.64. The molecule has 1 N–H and O–H groups in total. The van der Waals surface area contributed by atoms with Gasteiger partial charge >= 0.3 is 0 Å². The second kappa shape index (κ2) is 10.4. The molecule has 160 valence electrons. The van der Waals surface area contributed by atoms with E-state index in [1.54, 1.807) is 18.2 Å². The summed E-state index contributed by atoms with van der Waals surface area (Å²) in [7, 11) is 2.06. The number of aromatic nitrogens is 3. The highest BCUT2D eigenvalue weighted by molar-refractivity contribution is 7.99. The average Bonchev–Trinajstić information content (AvgIpc) is 3.16. The number of nitrogens with one attached hydrogen (secondary N) is 1. The molecule has 1 aliphatic heterocycles. The molecule has 3 rings (SSSR count). The molecule has 1 aromatic heterocycles. The first-order valence-corrected chi connectivity index (χ1v) is 11.0. The molecule has 0 aliphatic carbocycles. The van der Waals surface area contributed by atoms with Crippen molar-refractivity contribution in [2.45, 2.75) is 24.7 Å². The lowest BCUT2D eigenvalue weighted by Crippen LogP contribution is -2.47. The number of hydrogen-bond acceptors (Lipinski definition) is 6. The van der Waals surface area contributed by atoms with Gasteiger partial charge in [-0.3, -0.25) is 9.59 Å². The van der Waals surface area contributed by atoms with E-state index in [0.29, 0.717) is 28.8 Å². The number of carbonyl (C=O) groups is 2. The van der Waals surface area contributed by atoms with Crippen LogP contribution in [0.3, 0.4) is 0 Å². The van der Waals surface area contributed by atoms with Gasteiger partial charge in [0.25, 0.3) is 5.91 Å². The first-order valence-electron chi connectivity index (χ1n) is 9.98. The third kappa shape index (κ3) is 5.48. The highest BCUT2D eigenvalue weighted by Crippen LogP contribution is 2.21. The Labute approximate surface area is 181 Å². The molecule has 0 radical (unpaired) electrons. The van der Waals surface area contributed by atoms with Crippen LogP contribution in [-0.4, -0.2) is 75.4 Å². The molecule has 1 aromatic carbocycles. The van der Waals surface area contributed by atoms with Gasteiger partial charge in [-0.2, -0.15) is 0 Å². The van der Waals surface area contributed by atoms with Gasteiger partial charge in [-0.15, -0.1) is 16.8 Å². The third-order valence-corrected chi connectivity index (χ3v) is 5.96. The topological polar surface area (TPSA) is 83.4 Å². The van der Waals surface area contributed by atoms with Gasteiger partial charge in [-0.25, -0.2) is 0 Å². The molecule has 1 saturated heterocycles. The third-order valence-electron chi connectivity index (χ3n) is 5.01. The minimum Gasteiger partial charge on any atom is -0.342 e. The zero-order valence-corrected chi connectivity index (χ0v) is 18.3. The summed E-state index contributed by atoms with van der Waals surface area (Å²) < 4.78 is 1.89. The normalized spacial score (nSPS) is 15.6. The smallest absolute Gasteiger partial charge is 0.251 e. The minimum absolute atomic E-state index is 0.105. The molecule has 8 nitrogen and oxygen atoms in total. The van der Waals surface area contributed by atoms with Crippen LogP contribution in [0.2, 0.25) is 0 Å². The number of carbonyl (C=O) groups excluding carboxylic acids is 2. The van der Waals surface area contributed by atoms with E-state index >= 15 is 0 Å². The zero-order valence-electron chi connectivity index (χ0n) is 17.5. The van der Waals surface area contributed by atoms with Gasteiger partial charge in [-0.05, 0) is 26.1 Å². The van der Waals surface area contributed by atoms with E-state index in [-0.39, 0.29) is 17.9 Å². The van der Waals surface area contributed by atoms with E-state index in [9.17, 15) is 9.59 Å². The fourth-order valence-corrected chi connectivity index (χ4v) is 4.09. The van der Waals surface area contributed by atoms with Gasteiger partial charge in [0.15, 0.2) is 11.0 Å². The predicted octanol–water partition coefficient (Wildman–Crippen LogP) is 1.82. The minimum atomic E-state index is -0.340. The summed E-state index contributed by atoms with van der Waals surface area (Å²) in [6.45, 7) is 9.47. The van der Waals surface area contributed by atoms with E-state index < -0.39 is 0 Å². The van der Waals surface area contributed by atoms with Crippen LogP contribution in [0, 0.1) is 0 Å². The highest BCUT2D eigenvalue weighted by atomic mass is 32.2. The zero-order chi connectivity index (χ0) is 21.5. The number of hydrogen-bond donors (Lipinski definition) is 1. The molecule has 1 fully saturated rings. The largest absolute Gasteiger partial charge is 0.342 e. The summed E-state index contributed by atoms with van der Waals surface area (Å²) in [4.78, 5) is 29.1. The maximum Gasteiger partial charge on any atom is 0.251 e. The van der Waals surface area contributed by atoms with Gasteiger partial charge in [0.2, 0.25) is 5.91 Å². The van der Waals surface area contributed by atoms with Crippen molar-refractivity contribution >= 4 is 23.6 Å². The Morgan fingerprint density at radius 3 is 2.57 bits per heavy atom. The van der Waals surface area contributed by atoms with Gasteiger partial charge in [-0.1, -0.05) is 36.0 Å². The average molecular weight is 429 g/mol. The number of likely N-dealkylation sites (N-methyl/N-ethyl adjacent to an activating group) is 1. The number of allylic oxidation sites excluding steroid dienone is 1. The molecule has 1 aliphatic rings. The monoisotopic (exact) mass is 428 g/mol. The molecule has 0 saturated carbocycles. The summed E-state index contributed by atoms with van der Waals surface area (Å²) in [5.41, 5.74) is 0.589. The van der Waals surface area contributed by atoms with Crippen LogP contribution in [0.1, 0.15) is 29.1 Å². The fourth-order valence-electron chi connectivity index (χ4n) is 3.24. The molecule has 2 aromatic rings.